The molecule has 38 heavy (non-hydrogen) atoms. The molecule has 9 heteroatoms. The molecule has 9 nitrogen and oxygen atoms in total. The fraction of sp³-hybridized carbons (Fsp3) is 0.793. The lowest BCUT2D eigenvalue weighted by molar-refractivity contribution is -0.137. The van der Waals surface area contributed by atoms with Crippen LogP contribution in [0.3, 0.4) is 0 Å². The van der Waals surface area contributed by atoms with Crippen molar-refractivity contribution in [2.24, 2.45) is 23.2 Å². The second kappa shape index (κ2) is 9.65. The van der Waals surface area contributed by atoms with E-state index in [1.165, 1.54) is 38.5 Å². The lowest BCUT2D eigenvalue weighted by atomic mass is 9.48. The van der Waals surface area contributed by atoms with Gasteiger partial charge in [0.05, 0.1) is 18.3 Å². The van der Waals surface area contributed by atoms with Gasteiger partial charge in [0, 0.05) is 25.2 Å². The van der Waals surface area contributed by atoms with E-state index >= 15 is 0 Å². The van der Waals surface area contributed by atoms with Crippen molar-refractivity contribution in [1.82, 2.24) is 19.8 Å². The predicted molar refractivity (Wildman–Crippen MR) is 142 cm³/mol. The quantitative estimate of drug-likeness (QED) is 0.603. The number of aliphatic hydroxyl groups is 1. The first-order valence-corrected chi connectivity index (χ1v) is 14.6. The zero-order valence-corrected chi connectivity index (χ0v) is 23.1. The van der Waals surface area contributed by atoms with Gasteiger partial charge in [-0.05, 0) is 102 Å². The third-order valence-corrected chi connectivity index (χ3v) is 9.74. The lowest BCUT2D eigenvalue weighted by Gasteiger charge is -2.58. The zero-order chi connectivity index (χ0) is 26.7. The summed E-state index contributed by atoms with van der Waals surface area (Å²) in [5.74, 6) is 3.15. The van der Waals surface area contributed by atoms with Crippen molar-refractivity contribution in [3.8, 4) is 0 Å². The highest BCUT2D eigenvalue weighted by Gasteiger charge is 2.54. The molecule has 7 rings (SSSR count). The van der Waals surface area contributed by atoms with Crippen LogP contribution in [0.15, 0.2) is 6.33 Å². The Balaban J connectivity index is 1.09. The first-order valence-electron chi connectivity index (χ1n) is 14.6. The SMILES string of the molecule is CC(C)(C)OC(=O)N1CCCC1C(=O)N1CCc2c(ncnc2NC[C@H](O)C23CC4CC(CC(C4)C2)C3)C1. The normalized spacial score (nSPS) is 32.7. The fourth-order valence-electron chi connectivity index (χ4n) is 8.46. The molecule has 3 heterocycles. The Morgan fingerprint density at radius 1 is 1.13 bits per heavy atom. The van der Waals surface area contributed by atoms with Crippen molar-refractivity contribution < 1.29 is 19.4 Å². The molecular formula is C29H43N5O4. The number of hydrogen-bond donors (Lipinski definition) is 2. The molecule has 208 valence electrons. The van der Waals surface area contributed by atoms with E-state index in [0.29, 0.717) is 39.0 Å². The number of nitrogens with zero attached hydrogens (tertiary/aromatic N) is 4. The second-order valence-corrected chi connectivity index (χ2v) is 13.7. The van der Waals surface area contributed by atoms with Crippen LogP contribution in [0.5, 0.6) is 0 Å². The summed E-state index contributed by atoms with van der Waals surface area (Å²) in [5.41, 5.74) is 1.35. The van der Waals surface area contributed by atoms with Gasteiger partial charge in [0.2, 0.25) is 5.91 Å². The van der Waals surface area contributed by atoms with Crippen LogP contribution in [-0.2, 0) is 22.5 Å². The Bertz CT molecular complexity index is 1050. The lowest BCUT2D eigenvalue weighted by Crippen LogP contribution is -2.53. The molecule has 0 spiro atoms. The van der Waals surface area contributed by atoms with Gasteiger partial charge in [0.25, 0.3) is 0 Å². The molecular weight excluding hydrogens is 482 g/mol. The summed E-state index contributed by atoms with van der Waals surface area (Å²) in [6, 6.07) is -0.485. The van der Waals surface area contributed by atoms with E-state index in [2.05, 4.69) is 15.3 Å². The first kappa shape index (κ1) is 25.8. The summed E-state index contributed by atoms with van der Waals surface area (Å²) >= 11 is 0. The van der Waals surface area contributed by atoms with Crippen molar-refractivity contribution >= 4 is 17.8 Å². The zero-order valence-electron chi connectivity index (χ0n) is 23.1. The largest absolute Gasteiger partial charge is 0.444 e. The third kappa shape index (κ3) is 4.87. The number of aromatic nitrogens is 2. The first-order chi connectivity index (χ1) is 18.1. The van der Waals surface area contributed by atoms with Gasteiger partial charge < -0.3 is 20.1 Å². The molecule has 2 aliphatic heterocycles. The van der Waals surface area contributed by atoms with Crippen LogP contribution in [0.4, 0.5) is 10.6 Å². The van der Waals surface area contributed by atoms with Crippen LogP contribution in [-0.4, -0.2) is 74.3 Å². The highest BCUT2D eigenvalue weighted by Crippen LogP contribution is 2.61. The van der Waals surface area contributed by atoms with Gasteiger partial charge in [-0.3, -0.25) is 9.69 Å². The Labute approximate surface area is 225 Å². The summed E-state index contributed by atoms with van der Waals surface area (Å²) in [6.45, 7) is 7.53. The standard InChI is InChI=1S/C29H43N5O4/c1-28(2,3)38-27(37)34-7-4-5-23(34)26(36)33-8-6-21-22(16-33)31-17-32-25(21)30-15-24(35)29-12-18-9-19(13-29)11-20(10-18)14-29/h17-20,23-24,35H,4-16H2,1-3H3,(H,30,31,32)/t18?,19?,20?,23?,24-,29?/m0/s1. The average molecular weight is 526 g/mol. The highest BCUT2D eigenvalue weighted by atomic mass is 16.6. The Morgan fingerprint density at radius 2 is 1.82 bits per heavy atom. The van der Waals surface area contributed by atoms with E-state index in [4.69, 9.17) is 4.74 Å². The molecule has 2 atom stereocenters. The third-order valence-electron chi connectivity index (χ3n) is 9.74. The number of nitrogens with one attached hydrogen (secondary N) is 1. The minimum atomic E-state index is -0.596. The molecule has 4 aliphatic carbocycles. The van der Waals surface area contributed by atoms with Crippen LogP contribution >= 0.6 is 0 Å². The maximum atomic E-state index is 13.5. The van der Waals surface area contributed by atoms with Crippen molar-refractivity contribution in [3.63, 3.8) is 0 Å². The van der Waals surface area contributed by atoms with Gasteiger partial charge in [-0.1, -0.05) is 0 Å². The Morgan fingerprint density at radius 3 is 2.47 bits per heavy atom. The van der Waals surface area contributed by atoms with Gasteiger partial charge in [-0.25, -0.2) is 14.8 Å². The smallest absolute Gasteiger partial charge is 0.410 e. The molecule has 1 unspecified atom stereocenters. The molecule has 0 radical (unpaired) electrons. The molecule has 1 saturated heterocycles. The number of rotatable bonds is 5. The minimum Gasteiger partial charge on any atom is -0.444 e. The van der Waals surface area contributed by atoms with E-state index < -0.39 is 17.7 Å². The average Bonchev–Trinajstić information content (AvgIpc) is 3.35. The molecule has 6 aliphatic rings. The van der Waals surface area contributed by atoms with E-state index in [1.54, 1.807) is 11.2 Å². The van der Waals surface area contributed by atoms with E-state index in [9.17, 15) is 14.7 Å². The van der Waals surface area contributed by atoms with Crippen LogP contribution in [0.25, 0.3) is 0 Å². The van der Waals surface area contributed by atoms with E-state index in [0.717, 1.165) is 41.2 Å². The predicted octanol–water partition coefficient (Wildman–Crippen LogP) is 3.75. The fourth-order valence-corrected chi connectivity index (χ4v) is 8.46. The van der Waals surface area contributed by atoms with E-state index in [1.807, 2.05) is 25.7 Å². The number of aliphatic hydroxyl groups excluding tert-OH is 1. The van der Waals surface area contributed by atoms with Gasteiger partial charge >= 0.3 is 6.09 Å². The number of likely N-dealkylation sites (tertiary alicyclic amines) is 1. The summed E-state index contributed by atoms with van der Waals surface area (Å²) < 4.78 is 5.55. The Hall–Kier alpha value is -2.42. The number of amides is 2. The molecule has 1 aromatic rings. The van der Waals surface area contributed by atoms with Gasteiger partial charge in [-0.2, -0.15) is 0 Å². The van der Waals surface area contributed by atoms with Crippen molar-refractivity contribution in [1.29, 1.82) is 0 Å². The van der Waals surface area contributed by atoms with Gasteiger partial charge in [-0.15, -0.1) is 0 Å². The van der Waals surface area contributed by atoms with Crippen molar-refractivity contribution in [2.75, 3.05) is 25.0 Å². The summed E-state index contributed by atoms with van der Waals surface area (Å²) in [7, 11) is 0. The van der Waals surface area contributed by atoms with Crippen LogP contribution < -0.4 is 5.32 Å². The molecule has 1 aromatic heterocycles. The molecule has 0 aromatic carbocycles. The summed E-state index contributed by atoms with van der Waals surface area (Å²) in [6.07, 6.45) is 10.5. The molecule has 2 N–H and O–H groups in total. The van der Waals surface area contributed by atoms with E-state index in [-0.39, 0.29) is 17.4 Å². The summed E-state index contributed by atoms with van der Waals surface area (Å²) in [4.78, 5) is 38.6. The number of ether oxygens (including phenoxy) is 1. The number of anilines is 1. The maximum Gasteiger partial charge on any atom is 0.410 e. The molecule has 5 fully saturated rings. The second-order valence-electron chi connectivity index (χ2n) is 13.7. The Kier molecular flexibility index (Phi) is 6.56. The summed E-state index contributed by atoms with van der Waals surface area (Å²) in [5, 5.41) is 14.8. The molecule has 2 amide bonds. The highest BCUT2D eigenvalue weighted by molar-refractivity contribution is 5.86. The van der Waals surface area contributed by atoms with Crippen LogP contribution in [0, 0.1) is 23.2 Å². The van der Waals surface area contributed by atoms with Gasteiger partial charge in [0.1, 0.15) is 23.8 Å². The van der Waals surface area contributed by atoms with Crippen LogP contribution in [0.1, 0.15) is 83.4 Å². The molecule has 4 bridgehead atoms. The molecule has 4 saturated carbocycles. The minimum absolute atomic E-state index is 0.0376. The van der Waals surface area contributed by atoms with Crippen molar-refractivity contribution in [3.05, 3.63) is 17.6 Å². The van der Waals surface area contributed by atoms with Crippen molar-refractivity contribution in [2.45, 2.75) is 103 Å². The monoisotopic (exact) mass is 525 g/mol. The number of hydrogen-bond acceptors (Lipinski definition) is 7. The van der Waals surface area contributed by atoms with Gasteiger partial charge in [0.15, 0.2) is 0 Å². The number of carbonyl (C=O) groups excluding carboxylic acids is 2. The number of fused-ring (bicyclic) bond motifs is 1. The number of carbonyl (C=O) groups is 2. The van der Waals surface area contributed by atoms with Crippen LogP contribution in [0.2, 0.25) is 0 Å². The maximum absolute atomic E-state index is 13.5. The topological polar surface area (TPSA) is 108 Å².